The van der Waals surface area contributed by atoms with Crippen LogP contribution in [0.3, 0.4) is 0 Å². The van der Waals surface area contributed by atoms with Crippen molar-refractivity contribution >= 4 is 12.0 Å². The number of carbonyl (C=O) groups excluding carboxylic acids is 1. The predicted octanol–water partition coefficient (Wildman–Crippen LogP) is 1.12. The number of hydrogen-bond donors (Lipinski definition) is 2. The van der Waals surface area contributed by atoms with Crippen LogP contribution in [0.15, 0.2) is 0 Å². The lowest BCUT2D eigenvalue weighted by atomic mass is 9.90. The standard InChI is InChI=1S/C15H25N3O3/c1-15(13(19)20)5-8-18(10-15)14(21)16-11-4-7-17-6-2-3-12(17)9-11/h11-12H,2-10H2,1H3,(H,16,21)(H,19,20). The van der Waals surface area contributed by atoms with Gasteiger partial charge in [0, 0.05) is 31.7 Å². The molecule has 0 aromatic rings. The van der Waals surface area contributed by atoms with Crippen molar-refractivity contribution in [2.45, 2.75) is 51.1 Å². The molecule has 3 atom stereocenters. The Morgan fingerprint density at radius 3 is 2.76 bits per heavy atom. The summed E-state index contributed by atoms with van der Waals surface area (Å²) in [6, 6.07) is 0.789. The van der Waals surface area contributed by atoms with E-state index in [0.717, 1.165) is 19.4 Å². The average Bonchev–Trinajstić information content (AvgIpc) is 3.05. The van der Waals surface area contributed by atoms with E-state index < -0.39 is 11.4 Å². The summed E-state index contributed by atoms with van der Waals surface area (Å²) in [6.07, 6.45) is 5.10. The highest BCUT2D eigenvalue weighted by Gasteiger charge is 2.42. The summed E-state index contributed by atoms with van der Waals surface area (Å²) in [5.74, 6) is -0.808. The molecule has 0 radical (unpaired) electrons. The Morgan fingerprint density at radius 2 is 2.05 bits per heavy atom. The Kier molecular flexibility index (Phi) is 3.82. The molecule has 3 saturated heterocycles. The normalized spacial score (nSPS) is 36.5. The van der Waals surface area contributed by atoms with E-state index in [1.54, 1.807) is 11.8 Å². The summed E-state index contributed by atoms with van der Waals surface area (Å²) in [5.41, 5.74) is -0.786. The molecular formula is C15H25N3O3. The fourth-order valence-electron chi connectivity index (χ4n) is 3.93. The summed E-state index contributed by atoms with van der Waals surface area (Å²) in [5, 5.41) is 12.3. The van der Waals surface area contributed by atoms with Crippen LogP contribution in [-0.2, 0) is 4.79 Å². The second-order valence-electron chi connectivity index (χ2n) is 7.04. The first-order valence-electron chi connectivity index (χ1n) is 8.01. The van der Waals surface area contributed by atoms with E-state index in [1.807, 2.05) is 0 Å². The van der Waals surface area contributed by atoms with E-state index >= 15 is 0 Å². The molecule has 2 amide bonds. The predicted molar refractivity (Wildman–Crippen MR) is 78.1 cm³/mol. The van der Waals surface area contributed by atoms with Crippen LogP contribution in [0.4, 0.5) is 4.79 Å². The third-order valence-electron chi connectivity index (χ3n) is 5.42. The summed E-state index contributed by atoms with van der Waals surface area (Å²) in [6.45, 7) is 4.85. The lowest BCUT2D eigenvalue weighted by molar-refractivity contribution is -0.146. The number of nitrogens with zero attached hydrogens (tertiary/aromatic N) is 2. The van der Waals surface area contributed by atoms with Gasteiger partial charge >= 0.3 is 12.0 Å². The van der Waals surface area contributed by atoms with Crippen LogP contribution in [0.1, 0.15) is 39.0 Å². The summed E-state index contributed by atoms with van der Waals surface area (Å²) in [4.78, 5) is 27.8. The van der Waals surface area contributed by atoms with Gasteiger partial charge in [-0.25, -0.2) is 4.79 Å². The number of carboxylic acids is 1. The van der Waals surface area contributed by atoms with Crippen molar-refractivity contribution in [3.8, 4) is 0 Å². The van der Waals surface area contributed by atoms with Crippen molar-refractivity contribution in [2.24, 2.45) is 5.41 Å². The van der Waals surface area contributed by atoms with Gasteiger partial charge < -0.3 is 20.2 Å². The number of aliphatic carboxylic acids is 1. The quantitative estimate of drug-likeness (QED) is 0.801. The number of amides is 2. The maximum absolute atomic E-state index is 12.3. The Balaban J connectivity index is 1.52. The Morgan fingerprint density at radius 1 is 1.24 bits per heavy atom. The molecule has 3 rings (SSSR count). The van der Waals surface area contributed by atoms with E-state index in [2.05, 4.69) is 10.2 Å². The molecule has 0 spiro atoms. The molecule has 3 unspecified atom stereocenters. The first-order chi connectivity index (χ1) is 9.98. The van der Waals surface area contributed by atoms with E-state index in [0.29, 0.717) is 25.6 Å². The van der Waals surface area contributed by atoms with Gasteiger partial charge in [-0.2, -0.15) is 0 Å². The molecule has 3 heterocycles. The van der Waals surface area contributed by atoms with Crippen LogP contribution in [0.5, 0.6) is 0 Å². The smallest absolute Gasteiger partial charge is 0.317 e. The maximum atomic E-state index is 12.3. The second kappa shape index (κ2) is 5.48. The Bertz CT molecular complexity index is 442. The molecule has 0 aromatic carbocycles. The fraction of sp³-hybridized carbons (Fsp3) is 0.867. The van der Waals surface area contributed by atoms with Crippen molar-refractivity contribution in [1.29, 1.82) is 0 Å². The largest absolute Gasteiger partial charge is 0.481 e. The summed E-state index contributed by atoms with van der Waals surface area (Å²) in [7, 11) is 0. The molecule has 21 heavy (non-hydrogen) atoms. The van der Waals surface area contributed by atoms with Gasteiger partial charge in [0.2, 0.25) is 0 Å². The second-order valence-corrected chi connectivity index (χ2v) is 7.04. The molecule has 6 heteroatoms. The molecular weight excluding hydrogens is 270 g/mol. The molecule has 0 aliphatic carbocycles. The van der Waals surface area contributed by atoms with Gasteiger partial charge in [0.25, 0.3) is 0 Å². The van der Waals surface area contributed by atoms with Gasteiger partial charge in [-0.15, -0.1) is 0 Å². The molecule has 0 bridgehead atoms. The third kappa shape index (κ3) is 2.86. The monoisotopic (exact) mass is 295 g/mol. The minimum Gasteiger partial charge on any atom is -0.481 e. The number of piperidine rings is 1. The van der Waals surface area contributed by atoms with Crippen molar-refractivity contribution < 1.29 is 14.7 Å². The fourth-order valence-corrected chi connectivity index (χ4v) is 3.93. The summed E-state index contributed by atoms with van der Waals surface area (Å²) < 4.78 is 0. The van der Waals surface area contributed by atoms with Gasteiger partial charge in [-0.3, -0.25) is 4.79 Å². The number of hydrogen-bond acceptors (Lipinski definition) is 3. The Labute approximate surface area is 125 Å². The zero-order valence-corrected chi connectivity index (χ0v) is 12.7. The number of urea groups is 1. The molecule has 118 valence electrons. The topological polar surface area (TPSA) is 72.9 Å². The molecule has 3 fully saturated rings. The van der Waals surface area contributed by atoms with Gasteiger partial charge in [-0.1, -0.05) is 0 Å². The van der Waals surface area contributed by atoms with Crippen molar-refractivity contribution in [2.75, 3.05) is 26.2 Å². The molecule has 2 N–H and O–H groups in total. The van der Waals surface area contributed by atoms with E-state index in [4.69, 9.17) is 0 Å². The minimum atomic E-state index is -0.808. The Hall–Kier alpha value is -1.30. The van der Waals surface area contributed by atoms with Crippen LogP contribution >= 0.6 is 0 Å². The lowest BCUT2D eigenvalue weighted by Gasteiger charge is -2.35. The highest BCUT2D eigenvalue weighted by molar-refractivity contribution is 5.79. The van der Waals surface area contributed by atoms with Crippen LogP contribution in [0.25, 0.3) is 0 Å². The van der Waals surface area contributed by atoms with Gasteiger partial charge in [0.1, 0.15) is 0 Å². The first kappa shape index (κ1) is 14.6. The van der Waals surface area contributed by atoms with Gasteiger partial charge in [0.15, 0.2) is 0 Å². The van der Waals surface area contributed by atoms with Crippen LogP contribution < -0.4 is 5.32 Å². The van der Waals surface area contributed by atoms with Crippen molar-refractivity contribution in [1.82, 2.24) is 15.1 Å². The van der Waals surface area contributed by atoms with Crippen LogP contribution in [0.2, 0.25) is 0 Å². The minimum absolute atomic E-state index is 0.0866. The van der Waals surface area contributed by atoms with E-state index in [-0.39, 0.29) is 12.1 Å². The third-order valence-corrected chi connectivity index (χ3v) is 5.42. The van der Waals surface area contributed by atoms with Gasteiger partial charge in [0.05, 0.1) is 5.41 Å². The lowest BCUT2D eigenvalue weighted by Crippen LogP contribution is -2.51. The highest BCUT2D eigenvalue weighted by atomic mass is 16.4. The molecule has 0 saturated carbocycles. The molecule has 0 aromatic heterocycles. The van der Waals surface area contributed by atoms with E-state index in [9.17, 15) is 14.7 Å². The number of nitrogens with one attached hydrogen (secondary N) is 1. The zero-order valence-electron chi connectivity index (χ0n) is 12.7. The van der Waals surface area contributed by atoms with Crippen LogP contribution in [-0.4, -0.2) is 65.2 Å². The number of rotatable bonds is 2. The molecule has 3 aliphatic heterocycles. The SMILES string of the molecule is CC1(C(=O)O)CCN(C(=O)NC2CCN3CCCC3C2)C1. The van der Waals surface area contributed by atoms with E-state index in [1.165, 1.54) is 19.4 Å². The number of fused-ring (bicyclic) bond motifs is 1. The molecule has 6 nitrogen and oxygen atoms in total. The van der Waals surface area contributed by atoms with Crippen molar-refractivity contribution in [3.63, 3.8) is 0 Å². The highest BCUT2D eigenvalue weighted by Crippen LogP contribution is 2.31. The number of carbonyl (C=O) groups is 2. The first-order valence-corrected chi connectivity index (χ1v) is 8.01. The van der Waals surface area contributed by atoms with Gasteiger partial charge in [-0.05, 0) is 45.6 Å². The zero-order chi connectivity index (χ0) is 15.0. The number of likely N-dealkylation sites (tertiary alicyclic amines) is 1. The molecule has 3 aliphatic rings. The summed E-state index contributed by atoms with van der Waals surface area (Å²) >= 11 is 0. The maximum Gasteiger partial charge on any atom is 0.317 e. The van der Waals surface area contributed by atoms with Crippen molar-refractivity contribution in [3.05, 3.63) is 0 Å². The number of carboxylic acid groups (broad SMARTS) is 1. The average molecular weight is 295 g/mol. The van der Waals surface area contributed by atoms with Crippen LogP contribution in [0, 0.1) is 5.41 Å².